The second-order valence-electron chi connectivity index (χ2n) is 5.19. The van der Waals surface area contributed by atoms with Crippen LogP contribution >= 0.6 is 0 Å². The summed E-state index contributed by atoms with van der Waals surface area (Å²) < 4.78 is 48.7. The number of halogens is 2. The van der Waals surface area contributed by atoms with Gasteiger partial charge in [-0.05, 0) is 31.2 Å². The number of sulfone groups is 1. The lowest BCUT2D eigenvalue weighted by Gasteiger charge is -2.25. The summed E-state index contributed by atoms with van der Waals surface area (Å²) in [5, 5.41) is 10.0. The molecule has 2 rings (SSSR count). The molecule has 0 spiro atoms. The number of aliphatic hydroxyl groups excluding tert-OH is 1. The van der Waals surface area contributed by atoms with Crippen LogP contribution in [-0.2, 0) is 9.84 Å². The minimum atomic E-state index is -2.99. The van der Waals surface area contributed by atoms with Crippen molar-refractivity contribution < 1.29 is 22.3 Å². The van der Waals surface area contributed by atoms with Crippen molar-refractivity contribution in [3.05, 3.63) is 35.4 Å². The Balaban J connectivity index is 2.00. The highest BCUT2D eigenvalue weighted by molar-refractivity contribution is 7.91. The summed E-state index contributed by atoms with van der Waals surface area (Å²) in [5.41, 5.74) is 0.275. The van der Waals surface area contributed by atoms with E-state index in [1.807, 2.05) is 0 Å². The normalized spacial score (nSPS) is 23.1. The molecule has 1 saturated heterocycles. The summed E-state index contributed by atoms with van der Waals surface area (Å²) >= 11 is 0. The van der Waals surface area contributed by atoms with Crippen LogP contribution in [0, 0.1) is 11.6 Å². The molecule has 1 N–H and O–H groups in total. The molecule has 4 nitrogen and oxygen atoms in total. The van der Waals surface area contributed by atoms with Crippen LogP contribution in [0.1, 0.15) is 18.1 Å². The number of benzene rings is 1. The maximum Gasteiger partial charge on any atom is 0.159 e. The van der Waals surface area contributed by atoms with Gasteiger partial charge in [-0.3, -0.25) is 4.90 Å². The Labute approximate surface area is 116 Å². The van der Waals surface area contributed by atoms with Gasteiger partial charge in [0.1, 0.15) is 0 Å². The van der Waals surface area contributed by atoms with Crippen LogP contribution in [0.25, 0.3) is 0 Å². The number of hydrogen-bond donors (Lipinski definition) is 1. The molecule has 0 aliphatic carbocycles. The summed E-state index contributed by atoms with van der Waals surface area (Å²) in [6.45, 7) is 0.172. The van der Waals surface area contributed by atoms with Gasteiger partial charge in [-0.2, -0.15) is 0 Å². The Bertz CT molecular complexity index is 591. The molecule has 112 valence electrons. The second-order valence-corrected chi connectivity index (χ2v) is 7.41. The summed E-state index contributed by atoms with van der Waals surface area (Å²) in [6, 6.07) is 3.11. The van der Waals surface area contributed by atoms with Gasteiger partial charge in [0.15, 0.2) is 21.5 Å². The third-order valence-electron chi connectivity index (χ3n) is 3.62. The van der Waals surface area contributed by atoms with E-state index in [1.54, 1.807) is 11.9 Å². The van der Waals surface area contributed by atoms with E-state index in [-0.39, 0.29) is 29.7 Å². The zero-order chi connectivity index (χ0) is 14.9. The van der Waals surface area contributed by atoms with Gasteiger partial charge < -0.3 is 5.11 Å². The SMILES string of the molecule is CN(C[C@@H](O)c1ccc(F)c(F)c1)[C@@H]1CCS(=O)(=O)C1. The average molecular weight is 305 g/mol. The number of aliphatic hydroxyl groups is 1. The molecular formula is C13H17F2NO3S. The van der Waals surface area contributed by atoms with Crippen LogP contribution in [0.3, 0.4) is 0 Å². The molecule has 1 aromatic rings. The zero-order valence-corrected chi connectivity index (χ0v) is 11.9. The van der Waals surface area contributed by atoms with Gasteiger partial charge in [0, 0.05) is 12.6 Å². The van der Waals surface area contributed by atoms with Gasteiger partial charge in [-0.1, -0.05) is 6.07 Å². The average Bonchev–Trinajstić information content (AvgIpc) is 2.73. The zero-order valence-electron chi connectivity index (χ0n) is 11.1. The van der Waals surface area contributed by atoms with E-state index >= 15 is 0 Å². The largest absolute Gasteiger partial charge is 0.387 e. The molecule has 20 heavy (non-hydrogen) atoms. The lowest BCUT2D eigenvalue weighted by Crippen LogP contribution is -2.35. The van der Waals surface area contributed by atoms with E-state index in [4.69, 9.17) is 0 Å². The fourth-order valence-corrected chi connectivity index (χ4v) is 4.18. The van der Waals surface area contributed by atoms with Crippen LogP contribution in [0.4, 0.5) is 8.78 Å². The van der Waals surface area contributed by atoms with Crippen molar-refractivity contribution in [2.75, 3.05) is 25.1 Å². The predicted molar refractivity (Wildman–Crippen MR) is 71.0 cm³/mol. The van der Waals surface area contributed by atoms with E-state index in [9.17, 15) is 22.3 Å². The second kappa shape index (κ2) is 5.75. The molecule has 0 saturated carbocycles. The van der Waals surface area contributed by atoms with Crippen LogP contribution in [0.15, 0.2) is 18.2 Å². The summed E-state index contributed by atoms with van der Waals surface area (Å²) in [5.74, 6) is -1.74. The molecular weight excluding hydrogens is 288 g/mol. The first-order valence-electron chi connectivity index (χ1n) is 6.32. The molecule has 1 heterocycles. The Morgan fingerprint density at radius 1 is 1.40 bits per heavy atom. The topological polar surface area (TPSA) is 57.6 Å². The van der Waals surface area contributed by atoms with Crippen molar-refractivity contribution in [1.82, 2.24) is 4.90 Å². The Morgan fingerprint density at radius 3 is 2.65 bits per heavy atom. The van der Waals surface area contributed by atoms with Gasteiger partial charge in [0.25, 0.3) is 0 Å². The van der Waals surface area contributed by atoms with Crippen molar-refractivity contribution in [3.8, 4) is 0 Å². The van der Waals surface area contributed by atoms with Crippen molar-refractivity contribution in [3.63, 3.8) is 0 Å². The Morgan fingerprint density at radius 2 is 2.10 bits per heavy atom. The van der Waals surface area contributed by atoms with Gasteiger partial charge in [0.2, 0.25) is 0 Å². The number of hydrogen-bond acceptors (Lipinski definition) is 4. The molecule has 0 amide bonds. The quantitative estimate of drug-likeness (QED) is 0.905. The van der Waals surface area contributed by atoms with Gasteiger partial charge in [-0.15, -0.1) is 0 Å². The first-order chi connectivity index (χ1) is 9.28. The third kappa shape index (κ3) is 3.53. The molecule has 2 atom stereocenters. The third-order valence-corrected chi connectivity index (χ3v) is 5.37. The van der Waals surface area contributed by atoms with Gasteiger partial charge >= 0.3 is 0 Å². The predicted octanol–water partition coefficient (Wildman–Crippen LogP) is 1.12. The van der Waals surface area contributed by atoms with Gasteiger partial charge in [0.05, 0.1) is 17.6 Å². The molecule has 7 heteroatoms. The summed E-state index contributed by atoms with van der Waals surface area (Å²) in [6.07, 6.45) is -0.457. The Hall–Kier alpha value is -1.05. The summed E-state index contributed by atoms with van der Waals surface area (Å²) in [4.78, 5) is 1.75. The molecule has 0 unspecified atom stereocenters. The Kier molecular flexibility index (Phi) is 4.41. The van der Waals surface area contributed by atoms with Crippen molar-refractivity contribution in [1.29, 1.82) is 0 Å². The molecule has 1 aliphatic rings. The molecule has 1 aliphatic heterocycles. The molecule has 1 fully saturated rings. The number of nitrogens with zero attached hydrogens (tertiary/aromatic N) is 1. The van der Waals surface area contributed by atoms with E-state index in [0.29, 0.717) is 6.42 Å². The fraction of sp³-hybridized carbons (Fsp3) is 0.538. The maximum absolute atomic E-state index is 13.1. The smallest absolute Gasteiger partial charge is 0.159 e. The van der Waals surface area contributed by atoms with Gasteiger partial charge in [-0.25, -0.2) is 17.2 Å². The highest BCUT2D eigenvalue weighted by Crippen LogP contribution is 2.21. The van der Waals surface area contributed by atoms with Crippen LogP contribution in [-0.4, -0.2) is 49.6 Å². The van der Waals surface area contributed by atoms with E-state index in [2.05, 4.69) is 0 Å². The van der Waals surface area contributed by atoms with E-state index < -0.39 is 27.6 Å². The molecule has 0 radical (unpaired) electrons. The van der Waals surface area contributed by atoms with Crippen LogP contribution in [0.2, 0.25) is 0 Å². The molecule has 1 aromatic carbocycles. The fourth-order valence-electron chi connectivity index (χ4n) is 2.37. The lowest BCUT2D eigenvalue weighted by molar-refractivity contribution is 0.109. The lowest BCUT2D eigenvalue weighted by atomic mass is 10.1. The monoisotopic (exact) mass is 305 g/mol. The highest BCUT2D eigenvalue weighted by Gasteiger charge is 2.31. The molecule has 0 aromatic heterocycles. The number of likely N-dealkylation sites (N-methyl/N-ethyl adjacent to an activating group) is 1. The van der Waals surface area contributed by atoms with Crippen LogP contribution < -0.4 is 0 Å². The number of rotatable bonds is 4. The van der Waals surface area contributed by atoms with E-state index in [1.165, 1.54) is 6.07 Å². The van der Waals surface area contributed by atoms with Crippen molar-refractivity contribution in [2.24, 2.45) is 0 Å². The first-order valence-corrected chi connectivity index (χ1v) is 8.14. The summed E-state index contributed by atoms with van der Waals surface area (Å²) in [7, 11) is -1.27. The minimum Gasteiger partial charge on any atom is -0.387 e. The van der Waals surface area contributed by atoms with E-state index in [0.717, 1.165) is 12.1 Å². The van der Waals surface area contributed by atoms with Crippen molar-refractivity contribution >= 4 is 9.84 Å². The minimum absolute atomic E-state index is 0.0774. The molecule has 0 bridgehead atoms. The van der Waals surface area contributed by atoms with Crippen molar-refractivity contribution in [2.45, 2.75) is 18.6 Å². The highest BCUT2D eigenvalue weighted by atomic mass is 32.2. The maximum atomic E-state index is 13.1. The standard InChI is InChI=1S/C13H17F2NO3S/c1-16(10-4-5-20(18,19)8-10)7-13(17)9-2-3-11(14)12(15)6-9/h2-3,6,10,13,17H,4-5,7-8H2,1H3/t10-,13-/m1/s1. The van der Waals surface area contributed by atoms with Crippen LogP contribution in [0.5, 0.6) is 0 Å². The first kappa shape index (κ1) is 15.3.